The molecular formula is C13H14F2N2O2. The summed E-state index contributed by atoms with van der Waals surface area (Å²) in [5.41, 5.74) is 6.81. The quantitative estimate of drug-likeness (QED) is 0.685. The van der Waals surface area contributed by atoms with Crippen LogP contribution in [-0.4, -0.2) is 23.6 Å². The maximum absolute atomic E-state index is 12.6. The Kier molecular flexibility index (Phi) is 3.69. The van der Waals surface area contributed by atoms with Crippen molar-refractivity contribution >= 4 is 22.6 Å². The number of alkyl halides is 2. The van der Waals surface area contributed by atoms with Crippen LogP contribution in [0.15, 0.2) is 24.3 Å². The number of fused-ring (bicyclic) bond motifs is 1. The van der Waals surface area contributed by atoms with Gasteiger partial charge in [-0.15, -0.1) is 0 Å². The smallest absolute Gasteiger partial charge is 0.354 e. The number of benzene rings is 1. The van der Waals surface area contributed by atoms with Crippen molar-refractivity contribution in [1.29, 1.82) is 0 Å². The molecule has 0 radical (unpaired) electrons. The van der Waals surface area contributed by atoms with Gasteiger partial charge in [0, 0.05) is 16.6 Å². The van der Waals surface area contributed by atoms with Gasteiger partial charge in [-0.25, -0.2) is 13.6 Å². The van der Waals surface area contributed by atoms with Gasteiger partial charge in [0.25, 0.3) is 6.43 Å². The number of nitrogens with two attached hydrogens (primary N) is 1. The third-order valence-corrected chi connectivity index (χ3v) is 2.73. The molecule has 0 aliphatic heterocycles. The fourth-order valence-electron chi connectivity index (χ4n) is 2.00. The zero-order valence-electron chi connectivity index (χ0n) is 10.4. The number of nitrogen functional groups attached to an aromatic ring is 1. The highest BCUT2D eigenvalue weighted by atomic mass is 19.3. The Bertz CT molecular complexity index is 608. The molecule has 1 aromatic carbocycles. The average molecular weight is 268 g/mol. The first-order valence-corrected chi connectivity index (χ1v) is 5.87. The van der Waals surface area contributed by atoms with E-state index < -0.39 is 18.9 Å². The molecule has 2 aromatic rings. The second-order valence-electron chi connectivity index (χ2n) is 4.07. The van der Waals surface area contributed by atoms with Crippen LogP contribution in [0.3, 0.4) is 0 Å². The largest absolute Gasteiger partial charge is 0.461 e. The van der Waals surface area contributed by atoms with Crippen LogP contribution in [0, 0.1) is 0 Å². The number of hydrogen-bond acceptors (Lipinski definition) is 3. The van der Waals surface area contributed by atoms with Crippen LogP contribution in [0.5, 0.6) is 0 Å². The van der Waals surface area contributed by atoms with Crippen LogP contribution in [-0.2, 0) is 11.3 Å². The molecule has 0 amide bonds. The van der Waals surface area contributed by atoms with E-state index in [2.05, 4.69) is 0 Å². The van der Waals surface area contributed by atoms with E-state index in [1.54, 1.807) is 25.1 Å². The number of rotatable bonds is 4. The highest BCUT2D eigenvalue weighted by Crippen LogP contribution is 2.24. The monoisotopic (exact) mass is 268 g/mol. The van der Waals surface area contributed by atoms with Gasteiger partial charge in [0.15, 0.2) is 0 Å². The first-order valence-electron chi connectivity index (χ1n) is 5.87. The number of anilines is 1. The normalized spacial score (nSPS) is 11.2. The fourth-order valence-corrected chi connectivity index (χ4v) is 2.00. The van der Waals surface area contributed by atoms with Crippen LogP contribution >= 0.6 is 0 Å². The molecule has 1 aromatic heterocycles. The lowest BCUT2D eigenvalue weighted by Gasteiger charge is -2.09. The summed E-state index contributed by atoms with van der Waals surface area (Å²) in [5.74, 6) is -0.613. The summed E-state index contributed by atoms with van der Waals surface area (Å²) in [7, 11) is 0. The SMILES string of the molecule is CCOC(=O)c1cc2cc(N)ccc2n1CC(F)F. The molecule has 102 valence electrons. The van der Waals surface area contributed by atoms with Crippen molar-refractivity contribution in [2.75, 3.05) is 12.3 Å². The summed E-state index contributed by atoms with van der Waals surface area (Å²) in [5, 5.41) is 0.642. The Labute approximate surface area is 108 Å². The third-order valence-electron chi connectivity index (χ3n) is 2.73. The van der Waals surface area contributed by atoms with E-state index in [1.165, 1.54) is 10.6 Å². The molecule has 0 spiro atoms. The van der Waals surface area contributed by atoms with Gasteiger partial charge in [-0.05, 0) is 31.2 Å². The van der Waals surface area contributed by atoms with Gasteiger partial charge in [-0.1, -0.05) is 0 Å². The number of carbonyl (C=O) groups excluding carboxylic acids is 1. The summed E-state index contributed by atoms with van der Waals surface area (Å²) in [6.07, 6.45) is -2.55. The molecule has 0 saturated heterocycles. The Hall–Kier alpha value is -2.11. The number of aromatic nitrogens is 1. The molecule has 0 saturated carbocycles. The lowest BCUT2D eigenvalue weighted by Crippen LogP contribution is -2.15. The Morgan fingerprint density at radius 2 is 2.16 bits per heavy atom. The molecule has 2 rings (SSSR count). The van der Waals surface area contributed by atoms with Crippen LogP contribution < -0.4 is 5.73 Å². The minimum atomic E-state index is -2.55. The fraction of sp³-hybridized carbons (Fsp3) is 0.308. The molecule has 0 aliphatic carbocycles. The lowest BCUT2D eigenvalue weighted by molar-refractivity contribution is 0.0507. The standard InChI is InChI=1S/C13H14F2N2O2/c1-2-19-13(18)11-6-8-5-9(16)3-4-10(8)17(11)7-12(14)15/h3-6,12H,2,7,16H2,1H3. The molecule has 6 heteroatoms. The van der Waals surface area contributed by atoms with Crippen molar-refractivity contribution in [2.45, 2.75) is 19.9 Å². The zero-order valence-corrected chi connectivity index (χ0v) is 10.4. The number of carbonyl (C=O) groups is 1. The second kappa shape index (κ2) is 5.26. The predicted molar refractivity (Wildman–Crippen MR) is 68.3 cm³/mol. The summed E-state index contributed by atoms with van der Waals surface area (Å²) >= 11 is 0. The molecule has 0 unspecified atom stereocenters. The van der Waals surface area contributed by atoms with E-state index in [0.717, 1.165) is 0 Å². The maximum atomic E-state index is 12.6. The second-order valence-corrected chi connectivity index (χ2v) is 4.07. The van der Waals surface area contributed by atoms with Crippen molar-refractivity contribution in [3.63, 3.8) is 0 Å². The minimum absolute atomic E-state index is 0.114. The van der Waals surface area contributed by atoms with E-state index in [9.17, 15) is 13.6 Å². The number of esters is 1. The van der Waals surface area contributed by atoms with Crippen LogP contribution in [0.1, 0.15) is 17.4 Å². The molecule has 1 heterocycles. The molecule has 0 atom stereocenters. The first-order chi connectivity index (χ1) is 9.02. The van der Waals surface area contributed by atoms with Gasteiger partial charge in [0.2, 0.25) is 0 Å². The number of halogens is 2. The van der Waals surface area contributed by atoms with Crippen LogP contribution in [0.4, 0.5) is 14.5 Å². The average Bonchev–Trinajstić information content (AvgIpc) is 2.67. The number of nitrogens with zero attached hydrogens (tertiary/aromatic N) is 1. The highest BCUT2D eigenvalue weighted by molar-refractivity contribution is 5.96. The molecule has 0 fully saturated rings. The van der Waals surface area contributed by atoms with Gasteiger partial charge < -0.3 is 15.0 Å². The number of hydrogen-bond donors (Lipinski definition) is 1. The third kappa shape index (κ3) is 2.67. The van der Waals surface area contributed by atoms with Gasteiger partial charge in [-0.3, -0.25) is 0 Å². The van der Waals surface area contributed by atoms with Crippen molar-refractivity contribution in [2.24, 2.45) is 0 Å². The lowest BCUT2D eigenvalue weighted by atomic mass is 10.2. The topological polar surface area (TPSA) is 57.2 Å². The highest BCUT2D eigenvalue weighted by Gasteiger charge is 2.19. The molecule has 2 N–H and O–H groups in total. The number of ether oxygens (including phenoxy) is 1. The van der Waals surface area contributed by atoms with Crippen LogP contribution in [0.2, 0.25) is 0 Å². The van der Waals surface area contributed by atoms with Gasteiger partial charge >= 0.3 is 5.97 Å². The van der Waals surface area contributed by atoms with E-state index in [0.29, 0.717) is 16.6 Å². The first kappa shape index (κ1) is 13.3. The van der Waals surface area contributed by atoms with Gasteiger partial charge in [0.1, 0.15) is 5.69 Å². The molecule has 19 heavy (non-hydrogen) atoms. The van der Waals surface area contributed by atoms with E-state index in [-0.39, 0.29) is 12.3 Å². The van der Waals surface area contributed by atoms with Crippen molar-refractivity contribution in [1.82, 2.24) is 4.57 Å². The van der Waals surface area contributed by atoms with Gasteiger partial charge in [0.05, 0.1) is 13.2 Å². The molecule has 0 aliphatic rings. The molecular weight excluding hydrogens is 254 g/mol. The van der Waals surface area contributed by atoms with Crippen molar-refractivity contribution in [3.8, 4) is 0 Å². The Morgan fingerprint density at radius 3 is 2.79 bits per heavy atom. The zero-order chi connectivity index (χ0) is 14.0. The summed E-state index contributed by atoms with van der Waals surface area (Å²) in [6, 6.07) is 6.39. The van der Waals surface area contributed by atoms with E-state index >= 15 is 0 Å². The Morgan fingerprint density at radius 1 is 1.42 bits per heavy atom. The molecule has 4 nitrogen and oxygen atoms in total. The van der Waals surface area contributed by atoms with Gasteiger partial charge in [-0.2, -0.15) is 0 Å². The maximum Gasteiger partial charge on any atom is 0.354 e. The molecule has 0 bridgehead atoms. The predicted octanol–water partition coefficient (Wildman–Crippen LogP) is 2.67. The van der Waals surface area contributed by atoms with Crippen molar-refractivity contribution in [3.05, 3.63) is 30.0 Å². The van der Waals surface area contributed by atoms with E-state index in [1.807, 2.05) is 0 Å². The minimum Gasteiger partial charge on any atom is -0.461 e. The van der Waals surface area contributed by atoms with E-state index in [4.69, 9.17) is 10.5 Å². The summed E-state index contributed by atoms with van der Waals surface area (Å²) in [6.45, 7) is 1.30. The summed E-state index contributed by atoms with van der Waals surface area (Å²) in [4.78, 5) is 11.8. The van der Waals surface area contributed by atoms with Crippen LogP contribution in [0.25, 0.3) is 10.9 Å². The summed E-state index contributed by atoms with van der Waals surface area (Å²) < 4.78 is 31.4. The Balaban J connectivity index is 2.57. The van der Waals surface area contributed by atoms with Crippen molar-refractivity contribution < 1.29 is 18.3 Å².